The Morgan fingerprint density at radius 1 is 1.19 bits per heavy atom. The van der Waals surface area contributed by atoms with Crippen molar-refractivity contribution in [1.82, 2.24) is 19.8 Å². The number of aryl methyl sites for hydroxylation is 1. The number of aromatic nitrogens is 2. The Morgan fingerprint density at radius 3 is 2.72 bits per heavy atom. The fourth-order valence-corrected chi connectivity index (χ4v) is 5.10. The van der Waals surface area contributed by atoms with Crippen molar-refractivity contribution in [2.24, 2.45) is 7.05 Å². The molecule has 1 aliphatic carbocycles. The lowest BCUT2D eigenvalue weighted by Crippen LogP contribution is -2.33. The number of amides is 1. The molecular formula is C25H32N4O2S. The standard InChI is InChI=1S/C25H32N4O2S/c1-28-15-14-26-25(28)32-18-22-12-13-23(31-22)24(30)27-16-19-8-6-7-9-20(19)17-29(2)21-10-4-3-5-11-21/h6-9,12-15,21H,3-5,10-11,16-18H2,1-2H3,(H,27,30). The van der Waals surface area contributed by atoms with Crippen molar-refractivity contribution >= 4 is 17.7 Å². The highest BCUT2D eigenvalue weighted by Crippen LogP contribution is 2.24. The van der Waals surface area contributed by atoms with E-state index >= 15 is 0 Å². The summed E-state index contributed by atoms with van der Waals surface area (Å²) in [5.41, 5.74) is 2.42. The Hall–Kier alpha value is -2.51. The molecule has 32 heavy (non-hydrogen) atoms. The summed E-state index contributed by atoms with van der Waals surface area (Å²) in [5.74, 6) is 1.55. The zero-order valence-electron chi connectivity index (χ0n) is 18.9. The fraction of sp³-hybridized carbons (Fsp3) is 0.440. The number of thioether (sulfide) groups is 1. The molecule has 0 bridgehead atoms. The largest absolute Gasteiger partial charge is 0.455 e. The maximum Gasteiger partial charge on any atom is 0.287 e. The molecule has 170 valence electrons. The van der Waals surface area contributed by atoms with Crippen LogP contribution in [-0.4, -0.2) is 33.4 Å². The van der Waals surface area contributed by atoms with Gasteiger partial charge in [0.25, 0.3) is 5.91 Å². The highest BCUT2D eigenvalue weighted by Gasteiger charge is 2.19. The molecule has 1 aliphatic rings. The first-order valence-corrected chi connectivity index (χ1v) is 12.3. The van der Waals surface area contributed by atoms with Gasteiger partial charge in [0.15, 0.2) is 10.9 Å². The van der Waals surface area contributed by atoms with Crippen molar-refractivity contribution in [2.75, 3.05) is 7.05 Å². The summed E-state index contributed by atoms with van der Waals surface area (Å²) in [6.07, 6.45) is 10.3. The van der Waals surface area contributed by atoms with Gasteiger partial charge < -0.3 is 14.3 Å². The molecule has 0 aliphatic heterocycles. The second-order valence-corrected chi connectivity index (χ2v) is 9.48. The van der Waals surface area contributed by atoms with Crippen molar-refractivity contribution in [3.05, 3.63) is 71.4 Å². The monoisotopic (exact) mass is 452 g/mol. The van der Waals surface area contributed by atoms with E-state index in [1.54, 1.807) is 24.0 Å². The predicted molar refractivity (Wildman–Crippen MR) is 127 cm³/mol. The topological polar surface area (TPSA) is 63.3 Å². The lowest BCUT2D eigenvalue weighted by molar-refractivity contribution is 0.0921. The molecule has 1 amide bonds. The highest BCUT2D eigenvalue weighted by molar-refractivity contribution is 7.98. The molecule has 1 N–H and O–H groups in total. The molecule has 0 saturated heterocycles. The summed E-state index contributed by atoms with van der Waals surface area (Å²) in [6, 6.07) is 12.6. The SMILES string of the molecule is CN(Cc1ccccc1CNC(=O)c1ccc(CSc2nccn2C)o1)C1CCCCC1. The number of nitrogens with one attached hydrogen (secondary N) is 1. The van der Waals surface area contributed by atoms with Gasteiger partial charge in [-0.1, -0.05) is 55.3 Å². The van der Waals surface area contributed by atoms with Gasteiger partial charge in [0.05, 0.1) is 5.75 Å². The number of hydrogen-bond donors (Lipinski definition) is 1. The van der Waals surface area contributed by atoms with Crippen LogP contribution in [0.5, 0.6) is 0 Å². The molecular weight excluding hydrogens is 420 g/mol. The van der Waals surface area contributed by atoms with Crippen LogP contribution in [0.4, 0.5) is 0 Å². The molecule has 1 saturated carbocycles. The number of carbonyl (C=O) groups excluding carboxylic acids is 1. The summed E-state index contributed by atoms with van der Waals surface area (Å²) < 4.78 is 7.73. The fourth-order valence-electron chi connectivity index (χ4n) is 4.27. The van der Waals surface area contributed by atoms with E-state index in [2.05, 4.69) is 40.4 Å². The van der Waals surface area contributed by atoms with E-state index in [0.29, 0.717) is 24.1 Å². The quantitative estimate of drug-likeness (QED) is 0.463. The smallest absolute Gasteiger partial charge is 0.287 e. The minimum absolute atomic E-state index is 0.186. The third-order valence-corrected chi connectivity index (χ3v) is 7.26. The van der Waals surface area contributed by atoms with Crippen LogP contribution in [0.2, 0.25) is 0 Å². The van der Waals surface area contributed by atoms with Crippen LogP contribution >= 0.6 is 11.8 Å². The van der Waals surface area contributed by atoms with E-state index in [1.807, 2.05) is 29.9 Å². The minimum atomic E-state index is -0.186. The van der Waals surface area contributed by atoms with Crippen LogP contribution in [0, 0.1) is 0 Å². The lowest BCUT2D eigenvalue weighted by atomic mass is 9.94. The second-order valence-electron chi connectivity index (χ2n) is 8.53. The molecule has 2 heterocycles. The summed E-state index contributed by atoms with van der Waals surface area (Å²) in [5, 5.41) is 3.94. The van der Waals surface area contributed by atoms with Crippen LogP contribution in [0.25, 0.3) is 0 Å². The van der Waals surface area contributed by atoms with Gasteiger partial charge in [-0.15, -0.1) is 0 Å². The molecule has 0 unspecified atom stereocenters. The van der Waals surface area contributed by atoms with Crippen molar-refractivity contribution in [1.29, 1.82) is 0 Å². The predicted octanol–water partition coefficient (Wildman–Crippen LogP) is 5.00. The van der Waals surface area contributed by atoms with Crippen LogP contribution < -0.4 is 5.32 Å². The van der Waals surface area contributed by atoms with Crippen molar-refractivity contribution in [2.45, 2.75) is 62.1 Å². The first kappa shape index (κ1) is 22.7. The molecule has 0 spiro atoms. The molecule has 1 fully saturated rings. The van der Waals surface area contributed by atoms with Gasteiger partial charge in [-0.2, -0.15) is 0 Å². The Balaban J connectivity index is 1.31. The van der Waals surface area contributed by atoms with Crippen molar-refractivity contribution in [3.8, 4) is 0 Å². The van der Waals surface area contributed by atoms with E-state index in [9.17, 15) is 4.79 Å². The summed E-state index contributed by atoms with van der Waals surface area (Å²) >= 11 is 1.58. The number of nitrogens with zero attached hydrogens (tertiary/aromatic N) is 3. The van der Waals surface area contributed by atoms with Gasteiger partial charge in [0, 0.05) is 38.6 Å². The maximum atomic E-state index is 12.7. The van der Waals surface area contributed by atoms with Gasteiger partial charge >= 0.3 is 0 Å². The van der Waals surface area contributed by atoms with E-state index in [-0.39, 0.29) is 5.91 Å². The third-order valence-electron chi connectivity index (χ3n) is 6.18. The van der Waals surface area contributed by atoms with Gasteiger partial charge in [-0.05, 0) is 43.1 Å². The van der Waals surface area contributed by atoms with E-state index in [0.717, 1.165) is 23.0 Å². The molecule has 0 radical (unpaired) electrons. The van der Waals surface area contributed by atoms with E-state index in [4.69, 9.17) is 4.42 Å². The van der Waals surface area contributed by atoms with Crippen LogP contribution in [0.1, 0.15) is 59.5 Å². The van der Waals surface area contributed by atoms with Gasteiger partial charge in [0.1, 0.15) is 5.76 Å². The molecule has 1 aromatic carbocycles. The first-order valence-electron chi connectivity index (χ1n) is 11.3. The molecule has 7 heteroatoms. The van der Waals surface area contributed by atoms with Gasteiger partial charge in [-0.25, -0.2) is 4.98 Å². The lowest BCUT2D eigenvalue weighted by Gasteiger charge is -2.31. The summed E-state index contributed by atoms with van der Waals surface area (Å²) in [6.45, 7) is 1.40. The Bertz CT molecular complexity index is 1020. The molecule has 6 nitrogen and oxygen atoms in total. The molecule has 3 aromatic rings. The Kier molecular flexibility index (Phi) is 7.71. The molecule has 0 atom stereocenters. The number of rotatable bonds is 9. The Labute approximate surface area is 194 Å². The average molecular weight is 453 g/mol. The van der Waals surface area contributed by atoms with Crippen LogP contribution in [-0.2, 0) is 25.9 Å². The maximum absolute atomic E-state index is 12.7. The van der Waals surface area contributed by atoms with Crippen LogP contribution in [0.3, 0.4) is 0 Å². The Morgan fingerprint density at radius 2 is 1.97 bits per heavy atom. The number of carbonyl (C=O) groups is 1. The summed E-state index contributed by atoms with van der Waals surface area (Å²) in [4.78, 5) is 19.4. The number of imidazole rings is 1. The second kappa shape index (κ2) is 10.9. The minimum Gasteiger partial charge on any atom is -0.455 e. The molecule has 4 rings (SSSR count). The number of furan rings is 1. The van der Waals surface area contributed by atoms with E-state index in [1.165, 1.54) is 37.7 Å². The van der Waals surface area contributed by atoms with Crippen LogP contribution in [0.15, 0.2) is 58.4 Å². The average Bonchev–Trinajstić information content (AvgIpc) is 3.46. The number of hydrogen-bond acceptors (Lipinski definition) is 5. The molecule has 2 aromatic heterocycles. The first-order chi connectivity index (χ1) is 15.6. The summed E-state index contributed by atoms with van der Waals surface area (Å²) in [7, 11) is 4.18. The zero-order chi connectivity index (χ0) is 22.3. The third kappa shape index (κ3) is 5.84. The highest BCUT2D eigenvalue weighted by atomic mass is 32.2. The van der Waals surface area contributed by atoms with Gasteiger partial charge in [0.2, 0.25) is 0 Å². The van der Waals surface area contributed by atoms with Crippen molar-refractivity contribution < 1.29 is 9.21 Å². The number of benzene rings is 1. The van der Waals surface area contributed by atoms with Gasteiger partial charge in [-0.3, -0.25) is 9.69 Å². The normalized spacial score (nSPS) is 14.7. The van der Waals surface area contributed by atoms with E-state index < -0.39 is 0 Å². The zero-order valence-corrected chi connectivity index (χ0v) is 19.7. The van der Waals surface area contributed by atoms with Crippen molar-refractivity contribution in [3.63, 3.8) is 0 Å².